The summed E-state index contributed by atoms with van der Waals surface area (Å²) < 4.78 is 5.54. The van der Waals surface area contributed by atoms with Crippen LogP contribution in [0.4, 0.5) is 10.5 Å². The lowest BCUT2D eigenvalue weighted by atomic mass is 10.2. The first-order valence-corrected chi connectivity index (χ1v) is 7.04. The fraction of sp³-hybridized carbons (Fsp3) is 0.125. The van der Waals surface area contributed by atoms with Gasteiger partial charge in [0.15, 0.2) is 0 Å². The predicted octanol–water partition coefficient (Wildman–Crippen LogP) is 1.74. The second-order valence-electron chi connectivity index (χ2n) is 4.72. The van der Waals surface area contributed by atoms with E-state index in [-0.39, 0.29) is 18.9 Å². The molecule has 0 fully saturated rings. The molecule has 4 N–H and O–H groups in total. The molecule has 2 aromatic rings. The van der Waals surface area contributed by atoms with Crippen LogP contribution in [0.5, 0.6) is 11.6 Å². The van der Waals surface area contributed by atoms with Gasteiger partial charge in [-0.1, -0.05) is 6.07 Å². The molecule has 8 heteroatoms. The summed E-state index contributed by atoms with van der Waals surface area (Å²) in [6.45, 7) is 0.158. The van der Waals surface area contributed by atoms with Gasteiger partial charge in [0.05, 0.1) is 23.5 Å². The van der Waals surface area contributed by atoms with Crippen molar-refractivity contribution in [2.45, 2.75) is 6.42 Å². The van der Waals surface area contributed by atoms with Gasteiger partial charge >= 0.3 is 6.03 Å². The van der Waals surface area contributed by atoms with Gasteiger partial charge in [0.2, 0.25) is 11.8 Å². The van der Waals surface area contributed by atoms with Crippen molar-refractivity contribution in [3.63, 3.8) is 0 Å². The fourth-order valence-corrected chi connectivity index (χ4v) is 1.79. The smallest absolute Gasteiger partial charge is 0.312 e. The van der Waals surface area contributed by atoms with Crippen molar-refractivity contribution in [1.82, 2.24) is 10.3 Å². The zero-order valence-electron chi connectivity index (χ0n) is 12.7. The van der Waals surface area contributed by atoms with E-state index in [2.05, 4.69) is 15.6 Å². The number of carbonyl (C=O) groups excluding carboxylic acids is 2. The van der Waals surface area contributed by atoms with Gasteiger partial charge in [0, 0.05) is 19.0 Å². The van der Waals surface area contributed by atoms with Crippen LogP contribution in [0.1, 0.15) is 12.0 Å². The van der Waals surface area contributed by atoms with E-state index < -0.39 is 6.03 Å². The Bertz CT molecular complexity index is 768. The third kappa shape index (κ3) is 5.31. The zero-order chi connectivity index (χ0) is 17.4. The molecule has 122 valence electrons. The van der Waals surface area contributed by atoms with Gasteiger partial charge in [0.1, 0.15) is 5.75 Å². The van der Waals surface area contributed by atoms with E-state index in [0.29, 0.717) is 22.9 Å². The number of benzene rings is 1. The van der Waals surface area contributed by atoms with E-state index in [4.69, 9.17) is 15.7 Å². The number of urea groups is 1. The highest BCUT2D eigenvalue weighted by Crippen LogP contribution is 2.21. The molecule has 3 amide bonds. The summed E-state index contributed by atoms with van der Waals surface area (Å²) in [6, 6.07) is 11.3. The van der Waals surface area contributed by atoms with Gasteiger partial charge in [0.25, 0.3) is 0 Å². The van der Waals surface area contributed by atoms with Crippen LogP contribution in [0.25, 0.3) is 0 Å². The van der Waals surface area contributed by atoms with Crippen LogP contribution in [-0.2, 0) is 4.79 Å². The number of nitrogens with two attached hydrogens (primary N) is 1. The normalized spacial score (nSPS) is 9.62. The summed E-state index contributed by atoms with van der Waals surface area (Å²) in [5.74, 6) is 0.551. The number of amides is 3. The highest BCUT2D eigenvalue weighted by Gasteiger charge is 2.05. The Morgan fingerprint density at radius 2 is 2.12 bits per heavy atom. The summed E-state index contributed by atoms with van der Waals surface area (Å²) in [4.78, 5) is 26.2. The number of nitrogens with one attached hydrogen (secondary N) is 2. The standard InChI is InChI=1S/C16H15N5O3/c17-9-11-2-1-3-13(8-11)24-15-5-4-12(10-20-15)21-14(22)6-7-19-16(18)23/h1-5,8,10H,6-7H2,(H,21,22)(H3,18,19,23). The lowest BCUT2D eigenvalue weighted by Gasteiger charge is -2.07. The van der Waals surface area contributed by atoms with Gasteiger partial charge in [-0.25, -0.2) is 9.78 Å². The van der Waals surface area contributed by atoms with Crippen LogP contribution < -0.4 is 21.1 Å². The van der Waals surface area contributed by atoms with Gasteiger partial charge in [-0.05, 0) is 24.3 Å². The number of pyridine rings is 1. The zero-order valence-corrected chi connectivity index (χ0v) is 12.7. The molecule has 1 heterocycles. The van der Waals surface area contributed by atoms with Crippen molar-refractivity contribution in [3.05, 3.63) is 48.2 Å². The molecular formula is C16H15N5O3. The molecule has 24 heavy (non-hydrogen) atoms. The number of nitrogens with zero attached hydrogens (tertiary/aromatic N) is 2. The fourth-order valence-electron chi connectivity index (χ4n) is 1.79. The maximum absolute atomic E-state index is 11.6. The molecule has 2 rings (SSSR count). The van der Waals surface area contributed by atoms with E-state index in [9.17, 15) is 9.59 Å². The van der Waals surface area contributed by atoms with E-state index in [0.717, 1.165) is 0 Å². The Morgan fingerprint density at radius 1 is 1.29 bits per heavy atom. The number of primary amides is 1. The molecular weight excluding hydrogens is 310 g/mol. The van der Waals surface area contributed by atoms with E-state index in [1.54, 1.807) is 36.4 Å². The van der Waals surface area contributed by atoms with Gasteiger partial charge < -0.3 is 21.1 Å². The first kappa shape index (κ1) is 16.8. The molecule has 0 bridgehead atoms. The highest BCUT2D eigenvalue weighted by atomic mass is 16.5. The second-order valence-corrected chi connectivity index (χ2v) is 4.72. The number of carbonyl (C=O) groups is 2. The molecule has 0 saturated heterocycles. The number of aromatic nitrogens is 1. The average Bonchev–Trinajstić information content (AvgIpc) is 2.56. The lowest BCUT2D eigenvalue weighted by Crippen LogP contribution is -2.32. The molecule has 0 aliphatic carbocycles. The minimum absolute atomic E-state index is 0.0993. The minimum atomic E-state index is -0.675. The number of hydrogen-bond donors (Lipinski definition) is 3. The maximum Gasteiger partial charge on any atom is 0.312 e. The number of rotatable bonds is 6. The highest BCUT2D eigenvalue weighted by molar-refractivity contribution is 5.90. The molecule has 0 saturated carbocycles. The molecule has 0 radical (unpaired) electrons. The number of anilines is 1. The van der Waals surface area contributed by atoms with Crippen LogP contribution in [-0.4, -0.2) is 23.5 Å². The van der Waals surface area contributed by atoms with E-state index >= 15 is 0 Å². The predicted molar refractivity (Wildman–Crippen MR) is 86.3 cm³/mol. The monoisotopic (exact) mass is 325 g/mol. The minimum Gasteiger partial charge on any atom is -0.439 e. The SMILES string of the molecule is N#Cc1cccc(Oc2ccc(NC(=O)CCNC(N)=O)cn2)c1. The summed E-state index contributed by atoms with van der Waals surface area (Å²) in [6.07, 6.45) is 1.55. The molecule has 0 aliphatic rings. The third-order valence-corrected chi connectivity index (χ3v) is 2.86. The molecule has 0 aliphatic heterocycles. The van der Waals surface area contributed by atoms with Crippen LogP contribution in [0.2, 0.25) is 0 Å². The number of nitriles is 1. The molecule has 0 spiro atoms. The van der Waals surface area contributed by atoms with Gasteiger partial charge in [-0.15, -0.1) is 0 Å². The van der Waals surface area contributed by atoms with Gasteiger partial charge in [-0.3, -0.25) is 4.79 Å². The Kier molecular flexibility index (Phi) is 5.69. The Labute approximate surface area is 138 Å². The summed E-state index contributed by atoms with van der Waals surface area (Å²) in [7, 11) is 0. The number of hydrogen-bond acceptors (Lipinski definition) is 5. The number of ether oxygens (including phenoxy) is 1. The van der Waals surface area contributed by atoms with Crippen molar-refractivity contribution < 1.29 is 14.3 Å². The van der Waals surface area contributed by atoms with Gasteiger partial charge in [-0.2, -0.15) is 5.26 Å². The summed E-state index contributed by atoms with van der Waals surface area (Å²) in [5, 5.41) is 13.8. The van der Waals surface area contributed by atoms with Crippen molar-refractivity contribution in [2.24, 2.45) is 5.73 Å². The largest absolute Gasteiger partial charge is 0.439 e. The van der Waals surface area contributed by atoms with E-state index in [1.165, 1.54) is 6.20 Å². The first-order valence-electron chi connectivity index (χ1n) is 7.04. The first-order chi connectivity index (χ1) is 11.6. The van der Waals surface area contributed by atoms with Crippen LogP contribution in [0.3, 0.4) is 0 Å². The van der Waals surface area contributed by atoms with Crippen LogP contribution >= 0.6 is 0 Å². The lowest BCUT2D eigenvalue weighted by molar-refractivity contribution is -0.116. The van der Waals surface area contributed by atoms with Crippen molar-refractivity contribution in [2.75, 3.05) is 11.9 Å². The molecule has 0 atom stereocenters. The molecule has 8 nitrogen and oxygen atoms in total. The summed E-state index contributed by atoms with van der Waals surface area (Å²) >= 11 is 0. The molecule has 0 unspecified atom stereocenters. The van der Waals surface area contributed by atoms with Crippen molar-refractivity contribution >= 4 is 17.6 Å². The Balaban J connectivity index is 1.89. The van der Waals surface area contributed by atoms with Crippen molar-refractivity contribution in [1.29, 1.82) is 5.26 Å². The third-order valence-electron chi connectivity index (χ3n) is 2.86. The molecule has 1 aromatic heterocycles. The quantitative estimate of drug-likeness (QED) is 0.744. The topological polar surface area (TPSA) is 130 Å². The Morgan fingerprint density at radius 3 is 2.79 bits per heavy atom. The van der Waals surface area contributed by atoms with Crippen molar-refractivity contribution in [3.8, 4) is 17.7 Å². The van der Waals surface area contributed by atoms with Crippen LogP contribution in [0.15, 0.2) is 42.6 Å². The summed E-state index contributed by atoms with van der Waals surface area (Å²) in [5.41, 5.74) is 5.89. The Hall–Kier alpha value is -3.60. The average molecular weight is 325 g/mol. The van der Waals surface area contributed by atoms with Crippen LogP contribution in [0, 0.1) is 11.3 Å². The maximum atomic E-state index is 11.6. The second kappa shape index (κ2) is 8.14. The van der Waals surface area contributed by atoms with E-state index in [1.807, 2.05) is 6.07 Å². The molecule has 1 aromatic carbocycles.